The second kappa shape index (κ2) is 4.19. The molecule has 0 aromatic carbocycles. The maximum absolute atomic E-state index is 11.6. The fraction of sp³-hybridized carbons (Fsp3) is 0.364. The Morgan fingerprint density at radius 2 is 2.50 bits per heavy atom. The Kier molecular flexibility index (Phi) is 2.73. The summed E-state index contributed by atoms with van der Waals surface area (Å²) in [7, 11) is 1.79. The van der Waals surface area contributed by atoms with Crippen molar-refractivity contribution in [3.63, 3.8) is 0 Å². The number of rotatable bonds is 2. The molecule has 0 aliphatic carbocycles. The largest absolute Gasteiger partial charge is 0.374 e. The van der Waals surface area contributed by atoms with Crippen molar-refractivity contribution in [3.05, 3.63) is 24.0 Å². The molecular formula is C11H12N4O. The molecule has 1 aliphatic heterocycles. The average Bonchev–Trinajstić information content (AvgIpc) is 2.61. The Hall–Kier alpha value is -2.09. The summed E-state index contributed by atoms with van der Waals surface area (Å²) in [6.07, 6.45) is 2.35. The van der Waals surface area contributed by atoms with Crippen LogP contribution in [0.15, 0.2) is 18.3 Å². The van der Waals surface area contributed by atoms with Crippen molar-refractivity contribution in [1.29, 1.82) is 5.26 Å². The van der Waals surface area contributed by atoms with Crippen LogP contribution >= 0.6 is 0 Å². The van der Waals surface area contributed by atoms with Gasteiger partial charge in [0.1, 0.15) is 17.8 Å². The standard InChI is InChI=1S/C11H12N4O/c1-15-5-3-10(11(15)16)14-8-2-4-13-9(6-8)7-12/h2,4,6,10H,3,5H2,1H3,(H,13,14). The molecule has 1 aromatic rings. The van der Waals surface area contributed by atoms with Crippen LogP contribution < -0.4 is 5.32 Å². The molecule has 1 N–H and O–H groups in total. The monoisotopic (exact) mass is 216 g/mol. The molecule has 2 rings (SSSR count). The highest BCUT2D eigenvalue weighted by Gasteiger charge is 2.28. The van der Waals surface area contributed by atoms with E-state index in [1.54, 1.807) is 30.3 Å². The molecule has 0 saturated carbocycles. The Morgan fingerprint density at radius 3 is 3.12 bits per heavy atom. The van der Waals surface area contributed by atoms with E-state index in [0.717, 1.165) is 18.7 Å². The Morgan fingerprint density at radius 1 is 1.69 bits per heavy atom. The van der Waals surface area contributed by atoms with Gasteiger partial charge in [-0.2, -0.15) is 5.26 Å². The number of likely N-dealkylation sites (tertiary alicyclic amines) is 1. The molecule has 1 fully saturated rings. The van der Waals surface area contributed by atoms with Gasteiger partial charge in [0.15, 0.2) is 0 Å². The molecule has 5 heteroatoms. The number of nitrogens with one attached hydrogen (secondary N) is 1. The van der Waals surface area contributed by atoms with Crippen molar-refractivity contribution < 1.29 is 4.79 Å². The number of likely N-dealkylation sites (N-methyl/N-ethyl adjacent to an activating group) is 1. The van der Waals surface area contributed by atoms with Gasteiger partial charge in [-0.05, 0) is 18.6 Å². The highest BCUT2D eigenvalue weighted by molar-refractivity contribution is 5.86. The van der Waals surface area contributed by atoms with Crippen molar-refractivity contribution in [2.45, 2.75) is 12.5 Å². The SMILES string of the molecule is CN1CCC(Nc2ccnc(C#N)c2)C1=O. The third-order valence-corrected chi connectivity index (χ3v) is 2.64. The zero-order chi connectivity index (χ0) is 11.5. The van der Waals surface area contributed by atoms with E-state index in [0.29, 0.717) is 5.69 Å². The van der Waals surface area contributed by atoms with Gasteiger partial charge in [0, 0.05) is 25.5 Å². The first-order valence-corrected chi connectivity index (χ1v) is 5.08. The maximum Gasteiger partial charge on any atom is 0.244 e. The molecule has 1 saturated heterocycles. The van der Waals surface area contributed by atoms with Crippen LogP contribution in [-0.4, -0.2) is 35.4 Å². The molecule has 5 nitrogen and oxygen atoms in total. The molecule has 82 valence electrons. The van der Waals surface area contributed by atoms with Gasteiger partial charge in [-0.15, -0.1) is 0 Å². The van der Waals surface area contributed by atoms with E-state index in [9.17, 15) is 4.79 Å². The summed E-state index contributed by atoms with van der Waals surface area (Å²) in [6, 6.07) is 5.19. The van der Waals surface area contributed by atoms with Crippen LogP contribution in [0.3, 0.4) is 0 Å². The van der Waals surface area contributed by atoms with Crippen LogP contribution in [0.25, 0.3) is 0 Å². The molecule has 1 aromatic heterocycles. The quantitative estimate of drug-likeness (QED) is 0.785. The molecule has 16 heavy (non-hydrogen) atoms. The minimum Gasteiger partial charge on any atom is -0.374 e. The van der Waals surface area contributed by atoms with E-state index in [1.165, 1.54) is 0 Å². The lowest BCUT2D eigenvalue weighted by molar-refractivity contribution is -0.127. The Balaban J connectivity index is 2.10. The average molecular weight is 216 g/mol. The van der Waals surface area contributed by atoms with Crippen LogP contribution in [0.2, 0.25) is 0 Å². The first-order valence-electron chi connectivity index (χ1n) is 5.08. The highest BCUT2D eigenvalue weighted by Crippen LogP contribution is 2.15. The van der Waals surface area contributed by atoms with E-state index in [1.807, 2.05) is 6.07 Å². The number of carbonyl (C=O) groups excluding carboxylic acids is 1. The first-order chi connectivity index (χ1) is 7.70. The van der Waals surface area contributed by atoms with Crippen molar-refractivity contribution >= 4 is 11.6 Å². The maximum atomic E-state index is 11.6. The van der Waals surface area contributed by atoms with E-state index in [-0.39, 0.29) is 11.9 Å². The minimum atomic E-state index is -0.182. The minimum absolute atomic E-state index is 0.0929. The second-order valence-electron chi connectivity index (χ2n) is 3.79. The summed E-state index contributed by atoms with van der Waals surface area (Å²) >= 11 is 0. The zero-order valence-corrected chi connectivity index (χ0v) is 8.97. The van der Waals surface area contributed by atoms with Crippen LogP contribution in [0.1, 0.15) is 12.1 Å². The number of nitrogens with zero attached hydrogens (tertiary/aromatic N) is 3. The molecule has 1 unspecified atom stereocenters. The second-order valence-corrected chi connectivity index (χ2v) is 3.79. The topological polar surface area (TPSA) is 69.0 Å². The zero-order valence-electron chi connectivity index (χ0n) is 8.97. The molecule has 1 atom stereocenters. The summed E-state index contributed by atoms with van der Waals surface area (Å²) in [4.78, 5) is 17.2. The van der Waals surface area contributed by atoms with Crippen LogP contribution in [0, 0.1) is 11.3 Å². The van der Waals surface area contributed by atoms with Gasteiger partial charge in [-0.1, -0.05) is 0 Å². The van der Waals surface area contributed by atoms with Crippen molar-refractivity contribution in [2.75, 3.05) is 18.9 Å². The molecule has 2 heterocycles. The number of hydrogen-bond acceptors (Lipinski definition) is 4. The smallest absolute Gasteiger partial charge is 0.244 e. The number of anilines is 1. The fourth-order valence-electron chi connectivity index (χ4n) is 1.74. The van der Waals surface area contributed by atoms with Crippen molar-refractivity contribution in [2.24, 2.45) is 0 Å². The Labute approximate surface area is 93.7 Å². The third-order valence-electron chi connectivity index (χ3n) is 2.64. The molecule has 0 bridgehead atoms. The number of hydrogen-bond donors (Lipinski definition) is 1. The number of amides is 1. The van der Waals surface area contributed by atoms with Crippen molar-refractivity contribution in [1.82, 2.24) is 9.88 Å². The predicted octanol–water partition coefficient (Wildman–Crippen LogP) is 0.596. The fourth-order valence-corrected chi connectivity index (χ4v) is 1.74. The number of carbonyl (C=O) groups is 1. The summed E-state index contributed by atoms with van der Waals surface area (Å²) in [5.74, 6) is 0.0929. The lowest BCUT2D eigenvalue weighted by Gasteiger charge is -2.13. The number of nitriles is 1. The molecule has 0 spiro atoms. The summed E-state index contributed by atoms with van der Waals surface area (Å²) in [6.45, 7) is 0.771. The summed E-state index contributed by atoms with van der Waals surface area (Å²) in [5, 5.41) is 11.8. The van der Waals surface area contributed by atoms with Crippen LogP contribution in [0.5, 0.6) is 0 Å². The van der Waals surface area contributed by atoms with Gasteiger partial charge < -0.3 is 10.2 Å². The third kappa shape index (κ3) is 1.96. The normalized spacial score (nSPS) is 19.6. The van der Waals surface area contributed by atoms with Crippen LogP contribution in [0.4, 0.5) is 5.69 Å². The van der Waals surface area contributed by atoms with Crippen molar-refractivity contribution in [3.8, 4) is 6.07 Å². The van der Waals surface area contributed by atoms with Crippen LogP contribution in [-0.2, 0) is 4.79 Å². The number of pyridine rings is 1. The summed E-state index contributed by atoms with van der Waals surface area (Å²) in [5.41, 5.74) is 1.11. The number of aromatic nitrogens is 1. The van der Waals surface area contributed by atoms with Gasteiger partial charge in [0.05, 0.1) is 0 Å². The van der Waals surface area contributed by atoms with Gasteiger partial charge in [-0.3, -0.25) is 4.79 Å². The van der Waals surface area contributed by atoms with Gasteiger partial charge in [0.2, 0.25) is 5.91 Å². The van der Waals surface area contributed by atoms with Gasteiger partial charge in [-0.25, -0.2) is 4.98 Å². The molecule has 1 amide bonds. The lowest BCUT2D eigenvalue weighted by atomic mass is 10.2. The predicted molar refractivity (Wildman–Crippen MR) is 58.6 cm³/mol. The first kappa shape index (κ1) is 10.4. The Bertz CT molecular complexity index is 452. The summed E-state index contributed by atoms with van der Waals surface area (Å²) < 4.78 is 0. The molecular weight excluding hydrogens is 204 g/mol. The lowest BCUT2D eigenvalue weighted by Crippen LogP contribution is -2.30. The molecule has 1 aliphatic rings. The molecule has 0 radical (unpaired) electrons. The van der Waals surface area contributed by atoms with Gasteiger partial charge in [0.25, 0.3) is 0 Å². The van der Waals surface area contributed by atoms with E-state index < -0.39 is 0 Å². The van der Waals surface area contributed by atoms with Gasteiger partial charge >= 0.3 is 0 Å². The van der Waals surface area contributed by atoms with E-state index in [2.05, 4.69) is 10.3 Å². The highest BCUT2D eigenvalue weighted by atomic mass is 16.2. The van der Waals surface area contributed by atoms with E-state index in [4.69, 9.17) is 5.26 Å². The van der Waals surface area contributed by atoms with E-state index >= 15 is 0 Å².